The van der Waals surface area contributed by atoms with Gasteiger partial charge in [-0.2, -0.15) is 0 Å². The number of carbonyl (C=O) groups is 1. The Morgan fingerprint density at radius 1 is 1.46 bits per heavy atom. The van der Waals surface area contributed by atoms with Crippen LogP contribution in [0.25, 0.3) is 0 Å². The third-order valence-electron chi connectivity index (χ3n) is 3.54. The highest BCUT2D eigenvalue weighted by atomic mass is 16.2. The van der Waals surface area contributed by atoms with Crippen molar-refractivity contribution in [2.75, 3.05) is 13.1 Å². The van der Waals surface area contributed by atoms with Crippen LogP contribution in [0.5, 0.6) is 0 Å². The number of likely N-dealkylation sites (tertiary alicyclic amines) is 1. The van der Waals surface area contributed by atoms with E-state index in [0.717, 1.165) is 25.4 Å². The Balaban J connectivity index is 1.61. The molecular weight excluding hydrogens is 164 g/mol. The van der Waals surface area contributed by atoms with Gasteiger partial charge in [0.25, 0.3) is 0 Å². The van der Waals surface area contributed by atoms with Crippen molar-refractivity contribution in [3.63, 3.8) is 0 Å². The second-order valence-corrected chi connectivity index (χ2v) is 4.69. The Morgan fingerprint density at radius 3 is 2.85 bits per heavy atom. The van der Waals surface area contributed by atoms with Crippen molar-refractivity contribution in [2.24, 2.45) is 5.92 Å². The lowest BCUT2D eigenvalue weighted by atomic mass is 10.2. The van der Waals surface area contributed by atoms with E-state index in [-0.39, 0.29) is 0 Å². The van der Waals surface area contributed by atoms with E-state index in [1.165, 1.54) is 19.3 Å². The van der Waals surface area contributed by atoms with Gasteiger partial charge in [0, 0.05) is 31.6 Å². The number of rotatable bonds is 2. The summed E-state index contributed by atoms with van der Waals surface area (Å²) in [4.78, 5) is 13.9. The van der Waals surface area contributed by atoms with Gasteiger partial charge < -0.3 is 10.2 Å². The van der Waals surface area contributed by atoms with Gasteiger partial charge >= 0.3 is 0 Å². The molecule has 1 saturated carbocycles. The topological polar surface area (TPSA) is 32.3 Å². The molecule has 0 aromatic rings. The molecule has 1 N–H and O–H groups in total. The third kappa shape index (κ3) is 1.35. The van der Waals surface area contributed by atoms with Crippen molar-refractivity contribution < 1.29 is 4.79 Å². The maximum Gasteiger partial charge on any atom is 0.223 e. The van der Waals surface area contributed by atoms with Gasteiger partial charge in [0.15, 0.2) is 0 Å². The molecule has 72 valence electrons. The van der Waals surface area contributed by atoms with Gasteiger partial charge in [-0.1, -0.05) is 0 Å². The SMILES string of the molecule is O=C(CC1CC1)N1CC2CC1CN2. The Kier molecular flexibility index (Phi) is 1.62. The quantitative estimate of drug-likeness (QED) is 0.665. The largest absolute Gasteiger partial charge is 0.337 e. The van der Waals surface area contributed by atoms with Gasteiger partial charge in [-0.3, -0.25) is 4.79 Å². The standard InChI is InChI=1S/C10H16N2O/c13-10(3-7-1-2-7)12-6-8-4-9(12)5-11-8/h7-9,11H,1-6H2. The first-order valence-electron chi connectivity index (χ1n) is 5.36. The molecule has 2 unspecified atom stereocenters. The Labute approximate surface area is 78.5 Å². The molecule has 1 aliphatic carbocycles. The van der Waals surface area contributed by atoms with Gasteiger partial charge in [0.05, 0.1) is 0 Å². The fourth-order valence-electron chi connectivity index (χ4n) is 2.55. The predicted molar refractivity (Wildman–Crippen MR) is 49.2 cm³/mol. The van der Waals surface area contributed by atoms with E-state index in [2.05, 4.69) is 10.2 Å². The number of piperazine rings is 1. The van der Waals surface area contributed by atoms with Crippen LogP contribution in [-0.2, 0) is 4.79 Å². The molecule has 1 amide bonds. The van der Waals surface area contributed by atoms with Crippen LogP contribution in [0.1, 0.15) is 25.7 Å². The van der Waals surface area contributed by atoms with Crippen LogP contribution >= 0.6 is 0 Å². The summed E-state index contributed by atoms with van der Waals surface area (Å²) in [6.45, 7) is 2.00. The molecule has 3 nitrogen and oxygen atoms in total. The van der Waals surface area contributed by atoms with Gasteiger partial charge in [0.1, 0.15) is 0 Å². The first kappa shape index (κ1) is 7.80. The first-order chi connectivity index (χ1) is 6.33. The number of amides is 1. The van der Waals surface area contributed by atoms with Crippen LogP contribution in [0.2, 0.25) is 0 Å². The summed E-state index contributed by atoms with van der Waals surface area (Å²) in [5, 5.41) is 3.42. The van der Waals surface area contributed by atoms with Crippen molar-refractivity contribution in [2.45, 2.75) is 37.8 Å². The highest BCUT2D eigenvalue weighted by Crippen LogP contribution is 2.34. The normalized spacial score (nSPS) is 37.1. The summed E-state index contributed by atoms with van der Waals surface area (Å²) in [6.07, 6.45) is 4.58. The molecule has 2 atom stereocenters. The van der Waals surface area contributed by atoms with Crippen LogP contribution < -0.4 is 5.32 Å². The van der Waals surface area contributed by atoms with E-state index < -0.39 is 0 Å². The van der Waals surface area contributed by atoms with Crippen LogP contribution in [0.15, 0.2) is 0 Å². The Morgan fingerprint density at radius 2 is 2.31 bits per heavy atom. The second kappa shape index (κ2) is 2.71. The summed E-state index contributed by atoms with van der Waals surface area (Å²) in [6, 6.07) is 1.13. The lowest BCUT2D eigenvalue weighted by molar-refractivity contribution is -0.132. The van der Waals surface area contributed by atoms with E-state index in [0.29, 0.717) is 18.0 Å². The number of fused-ring (bicyclic) bond motifs is 2. The Hall–Kier alpha value is -0.570. The van der Waals surface area contributed by atoms with Crippen LogP contribution in [-0.4, -0.2) is 36.0 Å². The van der Waals surface area contributed by atoms with E-state index in [1.54, 1.807) is 0 Å². The first-order valence-corrected chi connectivity index (χ1v) is 5.36. The van der Waals surface area contributed by atoms with Gasteiger partial charge in [-0.15, -0.1) is 0 Å². The molecule has 0 aromatic carbocycles. The van der Waals surface area contributed by atoms with Gasteiger partial charge in [0.2, 0.25) is 5.91 Å². The minimum Gasteiger partial charge on any atom is -0.337 e. The molecule has 3 rings (SSSR count). The van der Waals surface area contributed by atoms with Gasteiger partial charge in [-0.25, -0.2) is 0 Å². The number of carbonyl (C=O) groups excluding carboxylic acids is 1. The molecule has 0 spiro atoms. The maximum atomic E-state index is 11.8. The summed E-state index contributed by atoms with van der Waals surface area (Å²) in [5.41, 5.74) is 0. The molecule has 0 radical (unpaired) electrons. The van der Waals surface area contributed by atoms with E-state index in [9.17, 15) is 4.79 Å². The zero-order chi connectivity index (χ0) is 8.84. The average Bonchev–Trinajstić information content (AvgIpc) is 2.71. The molecule has 3 aliphatic rings. The van der Waals surface area contributed by atoms with Crippen LogP contribution in [0, 0.1) is 5.92 Å². The van der Waals surface area contributed by atoms with E-state index in [1.807, 2.05) is 0 Å². The number of hydrogen-bond acceptors (Lipinski definition) is 2. The molecule has 2 bridgehead atoms. The summed E-state index contributed by atoms with van der Waals surface area (Å²) < 4.78 is 0. The lowest BCUT2D eigenvalue weighted by Crippen LogP contribution is -2.46. The highest BCUT2D eigenvalue weighted by Gasteiger charge is 2.40. The molecular formula is C10H16N2O. The van der Waals surface area contributed by atoms with E-state index in [4.69, 9.17) is 0 Å². The van der Waals surface area contributed by atoms with Crippen molar-refractivity contribution >= 4 is 5.91 Å². The fraction of sp³-hybridized carbons (Fsp3) is 0.900. The van der Waals surface area contributed by atoms with Crippen molar-refractivity contribution in [3.05, 3.63) is 0 Å². The Bertz CT molecular complexity index is 237. The smallest absolute Gasteiger partial charge is 0.223 e. The molecule has 2 saturated heterocycles. The van der Waals surface area contributed by atoms with Gasteiger partial charge in [-0.05, 0) is 25.2 Å². The number of hydrogen-bond donors (Lipinski definition) is 1. The molecule has 3 heteroatoms. The maximum absolute atomic E-state index is 11.8. The zero-order valence-electron chi connectivity index (χ0n) is 7.83. The monoisotopic (exact) mass is 180 g/mol. The molecule has 0 aromatic heterocycles. The minimum atomic E-state index is 0.413. The predicted octanol–water partition coefficient (Wildman–Crippen LogP) is 0.359. The van der Waals surface area contributed by atoms with Crippen molar-refractivity contribution in [3.8, 4) is 0 Å². The molecule has 3 fully saturated rings. The third-order valence-corrected chi connectivity index (χ3v) is 3.54. The van der Waals surface area contributed by atoms with Crippen LogP contribution in [0.3, 0.4) is 0 Å². The minimum absolute atomic E-state index is 0.413. The fourth-order valence-corrected chi connectivity index (χ4v) is 2.55. The van der Waals surface area contributed by atoms with Crippen molar-refractivity contribution in [1.29, 1.82) is 0 Å². The summed E-state index contributed by atoms with van der Waals surface area (Å²) >= 11 is 0. The van der Waals surface area contributed by atoms with Crippen LogP contribution in [0.4, 0.5) is 0 Å². The number of nitrogens with one attached hydrogen (secondary N) is 1. The molecule has 13 heavy (non-hydrogen) atoms. The highest BCUT2D eigenvalue weighted by molar-refractivity contribution is 5.77. The lowest BCUT2D eigenvalue weighted by Gasteiger charge is -2.27. The van der Waals surface area contributed by atoms with E-state index >= 15 is 0 Å². The zero-order valence-corrected chi connectivity index (χ0v) is 7.83. The number of nitrogens with zero attached hydrogens (tertiary/aromatic N) is 1. The molecule has 2 aliphatic heterocycles. The second-order valence-electron chi connectivity index (χ2n) is 4.69. The van der Waals surface area contributed by atoms with Crippen molar-refractivity contribution in [1.82, 2.24) is 10.2 Å². The summed E-state index contributed by atoms with van der Waals surface area (Å²) in [5.74, 6) is 1.15. The average molecular weight is 180 g/mol. The summed E-state index contributed by atoms with van der Waals surface area (Å²) in [7, 11) is 0. The molecule has 2 heterocycles.